The number of primary sulfonamides is 1. The first-order chi connectivity index (χ1) is 12.4. The Kier molecular flexibility index (Phi) is 7.32. The number of aliphatic hydroxyl groups excluding tert-OH is 1. The van der Waals surface area contributed by atoms with Crippen LogP contribution in [0.25, 0.3) is 10.8 Å². The number of pyridine rings is 1. The monoisotopic (exact) mass is 427 g/mol. The van der Waals surface area contributed by atoms with Gasteiger partial charge >= 0.3 is 0 Å². The number of halogens is 1. The zero-order valence-electron chi connectivity index (χ0n) is 14.7. The zero-order chi connectivity index (χ0) is 18.7. The van der Waals surface area contributed by atoms with Gasteiger partial charge in [-0.3, -0.25) is 4.98 Å². The Hall–Kier alpha value is -1.55. The van der Waals surface area contributed by atoms with Crippen LogP contribution in [0.15, 0.2) is 52.2 Å². The molecule has 1 aromatic carbocycles. The molecule has 0 unspecified atom stereocenters. The van der Waals surface area contributed by atoms with Crippen LogP contribution < -0.4 is 10.5 Å². The quantitative estimate of drug-likeness (QED) is 0.537. The highest BCUT2D eigenvalue weighted by Crippen LogP contribution is 2.25. The Morgan fingerprint density at radius 2 is 2.04 bits per heavy atom. The Balaban J connectivity index is 0.00000261. The van der Waals surface area contributed by atoms with Gasteiger partial charge in [-0.1, -0.05) is 13.0 Å². The minimum atomic E-state index is -3.73. The smallest absolute Gasteiger partial charge is 0.238 e. The molecule has 0 spiro atoms. The number of aliphatic hydroxyl groups is 1. The van der Waals surface area contributed by atoms with Crippen molar-refractivity contribution >= 4 is 44.5 Å². The number of nitrogens with two attached hydrogens (primary N) is 1. The van der Waals surface area contributed by atoms with Crippen molar-refractivity contribution in [3.8, 4) is 0 Å². The molecule has 0 bridgehead atoms. The number of rotatable bonds is 7. The fourth-order valence-electron chi connectivity index (χ4n) is 2.86. The highest BCUT2D eigenvalue weighted by molar-refractivity contribution is 7.89. The van der Waals surface area contributed by atoms with Crippen molar-refractivity contribution in [2.45, 2.75) is 23.8 Å². The van der Waals surface area contributed by atoms with Crippen molar-refractivity contribution in [2.75, 3.05) is 13.1 Å². The van der Waals surface area contributed by atoms with Crippen LogP contribution in [0.5, 0.6) is 0 Å². The maximum Gasteiger partial charge on any atom is 0.238 e. The molecule has 0 aliphatic carbocycles. The second kappa shape index (κ2) is 9.09. The minimum Gasteiger partial charge on any atom is -0.387 e. The van der Waals surface area contributed by atoms with Gasteiger partial charge in [-0.15, -0.1) is 12.4 Å². The average molecular weight is 428 g/mol. The molecule has 2 heterocycles. The number of fused-ring (bicyclic) bond motifs is 1. The number of hydrogen-bond donors (Lipinski definition) is 3. The number of aromatic nitrogens is 1. The van der Waals surface area contributed by atoms with Crippen LogP contribution in [0, 0.1) is 0 Å². The molecular weight excluding hydrogens is 406 g/mol. The summed E-state index contributed by atoms with van der Waals surface area (Å²) in [4.78, 5) is 4.55. The van der Waals surface area contributed by atoms with Crippen molar-refractivity contribution in [2.24, 2.45) is 5.14 Å². The predicted molar refractivity (Wildman–Crippen MR) is 111 cm³/mol. The summed E-state index contributed by atoms with van der Waals surface area (Å²) < 4.78 is 23.1. The number of sulfonamides is 1. The lowest BCUT2D eigenvalue weighted by atomic mass is 10.0. The maximum atomic E-state index is 11.5. The molecule has 0 aliphatic heterocycles. The lowest BCUT2D eigenvalue weighted by Crippen LogP contribution is -2.25. The van der Waals surface area contributed by atoms with Gasteiger partial charge in [-0.2, -0.15) is 11.3 Å². The normalized spacial score (nSPS) is 13.9. The third-order valence-electron chi connectivity index (χ3n) is 4.28. The van der Waals surface area contributed by atoms with E-state index >= 15 is 0 Å². The molecular formula is C18H22ClN3O3S2. The molecule has 146 valence electrons. The van der Waals surface area contributed by atoms with E-state index in [1.807, 2.05) is 23.8 Å². The van der Waals surface area contributed by atoms with Crippen molar-refractivity contribution in [3.63, 3.8) is 0 Å². The summed E-state index contributed by atoms with van der Waals surface area (Å²) in [6, 6.07) is 8.50. The standard InChI is InChI=1S/C18H21N3O3S2.ClH/c1-12(9-20-10-17(22)14-5-7-25-11-14)18-16-3-2-15(26(19,23)24)8-13(16)4-6-21-18;/h2-8,11-12,17,20,22H,9-10H2,1H3,(H2,19,23,24);1H/t12-,17-;/m1./s1. The lowest BCUT2D eigenvalue weighted by Gasteiger charge is -2.16. The number of nitrogens with zero attached hydrogens (tertiary/aromatic N) is 1. The summed E-state index contributed by atoms with van der Waals surface area (Å²) in [6.07, 6.45) is 1.13. The summed E-state index contributed by atoms with van der Waals surface area (Å²) in [7, 11) is -3.73. The van der Waals surface area contributed by atoms with Gasteiger partial charge in [0.1, 0.15) is 0 Å². The second-order valence-corrected chi connectivity index (χ2v) is 8.60. The van der Waals surface area contributed by atoms with Crippen molar-refractivity contribution < 1.29 is 13.5 Å². The van der Waals surface area contributed by atoms with Gasteiger partial charge in [-0.25, -0.2) is 13.6 Å². The van der Waals surface area contributed by atoms with Gasteiger partial charge in [-0.05, 0) is 46.0 Å². The largest absolute Gasteiger partial charge is 0.387 e. The molecule has 2 aromatic heterocycles. The Morgan fingerprint density at radius 3 is 2.70 bits per heavy atom. The van der Waals surface area contributed by atoms with E-state index in [9.17, 15) is 13.5 Å². The highest BCUT2D eigenvalue weighted by atomic mass is 35.5. The van der Waals surface area contributed by atoms with Gasteiger partial charge in [0.2, 0.25) is 10.0 Å². The summed E-state index contributed by atoms with van der Waals surface area (Å²) >= 11 is 1.56. The van der Waals surface area contributed by atoms with Crippen LogP contribution in [-0.2, 0) is 10.0 Å². The van der Waals surface area contributed by atoms with Crippen LogP contribution in [-0.4, -0.2) is 31.6 Å². The Bertz CT molecular complexity index is 994. The molecule has 6 nitrogen and oxygen atoms in total. The number of thiophene rings is 1. The zero-order valence-corrected chi connectivity index (χ0v) is 17.2. The SMILES string of the molecule is C[C@H](CNC[C@@H](O)c1ccsc1)c1nccc2cc(S(N)(=O)=O)ccc12.Cl. The molecule has 9 heteroatoms. The second-order valence-electron chi connectivity index (χ2n) is 6.26. The highest BCUT2D eigenvalue weighted by Gasteiger charge is 2.15. The van der Waals surface area contributed by atoms with Crippen molar-refractivity contribution in [1.82, 2.24) is 10.3 Å². The molecule has 2 atom stereocenters. The third-order valence-corrected chi connectivity index (χ3v) is 5.89. The number of hydrogen-bond acceptors (Lipinski definition) is 6. The van der Waals surface area contributed by atoms with Gasteiger partial charge < -0.3 is 10.4 Å². The van der Waals surface area contributed by atoms with Crippen LogP contribution in [0.1, 0.15) is 30.2 Å². The van der Waals surface area contributed by atoms with Gasteiger partial charge in [0, 0.05) is 30.6 Å². The molecule has 0 fully saturated rings. The van der Waals surface area contributed by atoms with Crippen LogP contribution in [0.2, 0.25) is 0 Å². The molecule has 0 saturated carbocycles. The van der Waals surface area contributed by atoms with Crippen molar-refractivity contribution in [1.29, 1.82) is 0 Å². The first kappa shape index (κ1) is 21.7. The van der Waals surface area contributed by atoms with E-state index in [4.69, 9.17) is 5.14 Å². The van der Waals surface area contributed by atoms with E-state index in [0.717, 1.165) is 22.0 Å². The Labute approximate surface area is 168 Å². The molecule has 4 N–H and O–H groups in total. The number of benzene rings is 1. The summed E-state index contributed by atoms with van der Waals surface area (Å²) in [5, 5.41) is 24.2. The summed E-state index contributed by atoms with van der Waals surface area (Å²) in [6.45, 7) is 3.14. The Morgan fingerprint density at radius 1 is 1.26 bits per heavy atom. The molecule has 27 heavy (non-hydrogen) atoms. The van der Waals surface area contributed by atoms with Crippen molar-refractivity contribution in [3.05, 3.63) is 58.5 Å². The molecule has 0 aliphatic rings. The molecule has 3 aromatic rings. The van der Waals surface area contributed by atoms with E-state index in [-0.39, 0.29) is 23.2 Å². The van der Waals surface area contributed by atoms with Gasteiger partial charge in [0.15, 0.2) is 0 Å². The topological polar surface area (TPSA) is 105 Å². The van der Waals surface area contributed by atoms with E-state index in [1.165, 1.54) is 6.07 Å². The molecule has 3 rings (SSSR count). The third kappa shape index (κ3) is 5.25. The first-order valence-electron chi connectivity index (χ1n) is 8.18. The average Bonchev–Trinajstić information content (AvgIpc) is 3.14. The van der Waals surface area contributed by atoms with Crippen LogP contribution in [0.3, 0.4) is 0 Å². The maximum absolute atomic E-state index is 11.5. The van der Waals surface area contributed by atoms with Gasteiger partial charge in [0.25, 0.3) is 0 Å². The fraction of sp³-hybridized carbons (Fsp3) is 0.278. The summed E-state index contributed by atoms with van der Waals surface area (Å²) in [5.41, 5.74) is 1.79. The van der Waals surface area contributed by atoms with Gasteiger partial charge in [0.05, 0.1) is 16.7 Å². The van der Waals surface area contributed by atoms with Crippen LogP contribution in [0.4, 0.5) is 0 Å². The number of nitrogens with one attached hydrogen (secondary N) is 1. The summed E-state index contributed by atoms with van der Waals surface area (Å²) in [5.74, 6) is 0.0914. The fourth-order valence-corrected chi connectivity index (χ4v) is 4.12. The van der Waals surface area contributed by atoms with E-state index in [2.05, 4.69) is 10.3 Å². The molecule has 0 saturated heterocycles. The van der Waals surface area contributed by atoms with Crippen LogP contribution >= 0.6 is 23.7 Å². The molecule has 0 amide bonds. The predicted octanol–water partition coefficient (Wildman–Crippen LogP) is 2.79. The minimum absolute atomic E-state index is 0. The first-order valence-corrected chi connectivity index (χ1v) is 10.7. The lowest BCUT2D eigenvalue weighted by molar-refractivity contribution is 0.175. The van der Waals surface area contributed by atoms with E-state index in [0.29, 0.717) is 13.1 Å². The van der Waals surface area contributed by atoms with E-state index < -0.39 is 16.1 Å². The molecule has 0 radical (unpaired) electrons. The van der Waals surface area contributed by atoms with E-state index in [1.54, 1.807) is 35.7 Å².